The van der Waals surface area contributed by atoms with Gasteiger partial charge in [0.25, 0.3) is 0 Å². The van der Waals surface area contributed by atoms with Gasteiger partial charge in [-0.05, 0) is 25.3 Å². The number of carbonyl (C=O) groups is 1. The van der Waals surface area contributed by atoms with Crippen LogP contribution >= 0.6 is 0 Å². The largest absolute Gasteiger partial charge is 0.428 e. The van der Waals surface area contributed by atoms with Crippen LogP contribution in [-0.4, -0.2) is 35.8 Å². The number of carbonyl (C=O) groups excluding carboxylic acids is 1. The van der Waals surface area contributed by atoms with Crippen molar-refractivity contribution in [2.45, 2.75) is 12.6 Å². The first-order valence-corrected chi connectivity index (χ1v) is 5.53. The van der Waals surface area contributed by atoms with Gasteiger partial charge in [0.05, 0.1) is 5.56 Å². The van der Waals surface area contributed by atoms with Gasteiger partial charge in [-0.2, -0.15) is 0 Å². The second-order valence-electron chi connectivity index (χ2n) is 4.03. The number of benzene rings is 1. The summed E-state index contributed by atoms with van der Waals surface area (Å²) in [7, 11) is 1.82. The summed E-state index contributed by atoms with van der Waals surface area (Å²) in [6.45, 7) is 0.676. The van der Waals surface area contributed by atoms with Crippen molar-refractivity contribution in [1.29, 1.82) is 0 Å². The third-order valence-electron chi connectivity index (χ3n) is 2.73. The monoisotopic (exact) mass is 233 g/mol. The molecule has 0 aliphatic carbocycles. The van der Waals surface area contributed by atoms with Crippen LogP contribution in [0.25, 0.3) is 0 Å². The maximum atomic E-state index is 11.7. The minimum Gasteiger partial charge on any atom is -0.428 e. The first-order chi connectivity index (χ1) is 8.16. The van der Waals surface area contributed by atoms with Crippen LogP contribution in [0, 0.1) is 0 Å². The lowest BCUT2D eigenvalue weighted by Gasteiger charge is -2.26. The quantitative estimate of drug-likeness (QED) is 0.784. The summed E-state index contributed by atoms with van der Waals surface area (Å²) in [4.78, 5) is 13.5. The number of rotatable bonds is 2. The molecule has 0 bridgehead atoms. The maximum Gasteiger partial charge on any atom is 0.343 e. The zero-order valence-electron chi connectivity index (χ0n) is 9.67. The first-order valence-electron chi connectivity index (χ1n) is 5.53. The highest BCUT2D eigenvalue weighted by Gasteiger charge is 2.19. The fourth-order valence-corrected chi connectivity index (χ4v) is 1.63. The SMILES string of the molecule is CN1CCC(OC(=O)c2ccccc2)=CC1O. The lowest BCUT2D eigenvalue weighted by molar-refractivity contribution is 0.0361. The lowest BCUT2D eigenvalue weighted by atomic mass is 10.2. The molecule has 4 nitrogen and oxygen atoms in total. The van der Waals surface area contributed by atoms with Crippen LogP contribution in [0.5, 0.6) is 0 Å². The highest BCUT2D eigenvalue weighted by Crippen LogP contribution is 2.16. The van der Waals surface area contributed by atoms with E-state index in [2.05, 4.69) is 0 Å². The van der Waals surface area contributed by atoms with Crippen LogP contribution in [0.3, 0.4) is 0 Å². The number of nitrogens with zero attached hydrogens (tertiary/aromatic N) is 1. The maximum absolute atomic E-state index is 11.7. The summed E-state index contributed by atoms with van der Waals surface area (Å²) in [6, 6.07) is 8.82. The molecule has 2 rings (SSSR count). The van der Waals surface area contributed by atoms with Crippen LogP contribution in [0.15, 0.2) is 42.2 Å². The normalized spacial score (nSPS) is 20.8. The molecule has 1 aromatic rings. The molecule has 0 amide bonds. The molecule has 1 aliphatic rings. The van der Waals surface area contributed by atoms with E-state index in [1.165, 1.54) is 0 Å². The molecule has 90 valence electrons. The number of hydrogen-bond acceptors (Lipinski definition) is 4. The molecule has 1 N–H and O–H groups in total. The Morgan fingerprint density at radius 1 is 1.41 bits per heavy atom. The topological polar surface area (TPSA) is 49.8 Å². The van der Waals surface area contributed by atoms with Gasteiger partial charge in [-0.3, -0.25) is 4.90 Å². The second-order valence-corrected chi connectivity index (χ2v) is 4.03. The van der Waals surface area contributed by atoms with Gasteiger partial charge in [0.15, 0.2) is 0 Å². The smallest absolute Gasteiger partial charge is 0.343 e. The minimum atomic E-state index is -0.678. The molecule has 1 aliphatic heterocycles. The van der Waals surface area contributed by atoms with E-state index in [9.17, 15) is 9.90 Å². The number of likely N-dealkylation sites (N-methyl/N-ethyl adjacent to an activating group) is 1. The fourth-order valence-electron chi connectivity index (χ4n) is 1.63. The van der Waals surface area contributed by atoms with Gasteiger partial charge in [-0.15, -0.1) is 0 Å². The summed E-state index contributed by atoms with van der Waals surface area (Å²) in [5.74, 6) is 0.151. The van der Waals surface area contributed by atoms with E-state index in [4.69, 9.17) is 4.74 Å². The summed E-state index contributed by atoms with van der Waals surface area (Å²) in [5.41, 5.74) is 0.516. The van der Waals surface area contributed by atoms with Crippen molar-refractivity contribution in [2.75, 3.05) is 13.6 Å². The highest BCUT2D eigenvalue weighted by molar-refractivity contribution is 5.89. The van der Waals surface area contributed by atoms with Gasteiger partial charge in [0.2, 0.25) is 0 Å². The van der Waals surface area contributed by atoms with Crippen molar-refractivity contribution < 1.29 is 14.6 Å². The standard InChI is InChI=1S/C13H15NO3/c1-14-8-7-11(9-12(14)15)17-13(16)10-5-3-2-4-6-10/h2-6,9,12,15H,7-8H2,1H3. The van der Waals surface area contributed by atoms with Crippen molar-refractivity contribution in [3.8, 4) is 0 Å². The zero-order chi connectivity index (χ0) is 12.3. The Bertz CT molecular complexity index is 428. The number of ether oxygens (including phenoxy) is 1. The predicted molar refractivity (Wildman–Crippen MR) is 63.2 cm³/mol. The predicted octanol–water partition coefficient (Wildman–Crippen LogP) is 1.38. The van der Waals surface area contributed by atoms with E-state index in [0.29, 0.717) is 24.3 Å². The van der Waals surface area contributed by atoms with Crippen molar-refractivity contribution >= 4 is 5.97 Å². The van der Waals surface area contributed by atoms with Crippen LogP contribution < -0.4 is 0 Å². The molecule has 1 heterocycles. The minimum absolute atomic E-state index is 0.381. The summed E-state index contributed by atoms with van der Waals surface area (Å²) in [6.07, 6.45) is 1.51. The third kappa shape index (κ3) is 2.93. The Balaban J connectivity index is 2.03. The van der Waals surface area contributed by atoms with Crippen molar-refractivity contribution in [3.63, 3.8) is 0 Å². The van der Waals surface area contributed by atoms with E-state index in [1.54, 1.807) is 35.2 Å². The van der Waals surface area contributed by atoms with E-state index in [0.717, 1.165) is 0 Å². The lowest BCUT2D eigenvalue weighted by Crippen LogP contribution is -2.35. The summed E-state index contributed by atoms with van der Waals surface area (Å²) >= 11 is 0. The molecule has 0 saturated carbocycles. The van der Waals surface area contributed by atoms with E-state index >= 15 is 0 Å². The van der Waals surface area contributed by atoms with Crippen LogP contribution in [0.2, 0.25) is 0 Å². The molecule has 17 heavy (non-hydrogen) atoms. The van der Waals surface area contributed by atoms with E-state index in [-0.39, 0.29) is 5.97 Å². The molecule has 1 atom stereocenters. The van der Waals surface area contributed by atoms with Gasteiger partial charge in [-0.1, -0.05) is 18.2 Å². The molecular formula is C13H15NO3. The summed E-state index contributed by atoms with van der Waals surface area (Å²) < 4.78 is 5.23. The zero-order valence-corrected chi connectivity index (χ0v) is 9.67. The van der Waals surface area contributed by atoms with Crippen LogP contribution in [0.1, 0.15) is 16.8 Å². The Hall–Kier alpha value is -1.65. The number of aliphatic hydroxyl groups is 1. The molecule has 4 heteroatoms. The molecular weight excluding hydrogens is 218 g/mol. The average Bonchev–Trinajstić information content (AvgIpc) is 2.35. The van der Waals surface area contributed by atoms with Gasteiger partial charge in [0, 0.05) is 13.0 Å². The van der Waals surface area contributed by atoms with Crippen molar-refractivity contribution in [3.05, 3.63) is 47.7 Å². The number of esters is 1. The van der Waals surface area contributed by atoms with Crippen molar-refractivity contribution in [1.82, 2.24) is 4.90 Å². The third-order valence-corrected chi connectivity index (χ3v) is 2.73. The fraction of sp³-hybridized carbons (Fsp3) is 0.308. The van der Waals surface area contributed by atoms with Crippen LogP contribution in [-0.2, 0) is 4.74 Å². The molecule has 0 fully saturated rings. The van der Waals surface area contributed by atoms with Gasteiger partial charge >= 0.3 is 5.97 Å². The average molecular weight is 233 g/mol. The van der Waals surface area contributed by atoms with Gasteiger partial charge in [0.1, 0.15) is 12.0 Å². The molecule has 0 aromatic heterocycles. The number of aliphatic hydroxyl groups excluding tert-OH is 1. The summed E-state index contributed by atoms with van der Waals surface area (Å²) in [5, 5.41) is 9.59. The van der Waals surface area contributed by atoms with Gasteiger partial charge in [-0.25, -0.2) is 4.79 Å². The Kier molecular flexibility index (Phi) is 3.56. The molecule has 0 radical (unpaired) electrons. The first kappa shape index (κ1) is 11.8. The molecule has 0 spiro atoms. The molecule has 0 saturated heterocycles. The highest BCUT2D eigenvalue weighted by atomic mass is 16.5. The molecule has 1 aromatic carbocycles. The van der Waals surface area contributed by atoms with E-state index in [1.807, 2.05) is 13.1 Å². The Labute approximate surface area is 100 Å². The Morgan fingerprint density at radius 2 is 2.12 bits per heavy atom. The van der Waals surface area contributed by atoms with E-state index < -0.39 is 6.23 Å². The molecule has 1 unspecified atom stereocenters. The number of hydrogen-bond donors (Lipinski definition) is 1. The van der Waals surface area contributed by atoms with Crippen LogP contribution in [0.4, 0.5) is 0 Å². The Morgan fingerprint density at radius 3 is 2.76 bits per heavy atom. The van der Waals surface area contributed by atoms with Gasteiger partial charge < -0.3 is 9.84 Å². The van der Waals surface area contributed by atoms with Crippen molar-refractivity contribution in [2.24, 2.45) is 0 Å². The second kappa shape index (κ2) is 5.12.